The fourth-order valence-corrected chi connectivity index (χ4v) is 0.621. The molecule has 0 heterocycles. The van der Waals surface area contributed by atoms with Crippen molar-refractivity contribution in [3.63, 3.8) is 0 Å². The molecule has 14 heavy (non-hydrogen) atoms. The third-order valence-electron chi connectivity index (χ3n) is 1.21. The van der Waals surface area contributed by atoms with Crippen molar-refractivity contribution in [3.8, 4) is 0 Å². The van der Waals surface area contributed by atoms with Crippen molar-refractivity contribution >= 4 is 16.4 Å². The summed E-state index contributed by atoms with van der Waals surface area (Å²) >= 11 is 0. The first-order valence-electron chi connectivity index (χ1n) is 4.08. The van der Waals surface area contributed by atoms with Crippen molar-refractivity contribution in [2.75, 3.05) is 7.11 Å². The lowest BCUT2D eigenvalue weighted by molar-refractivity contribution is -0.140. The Morgan fingerprint density at radius 2 is 1.71 bits per heavy atom. The van der Waals surface area contributed by atoms with E-state index in [1.807, 2.05) is 0 Å². The summed E-state index contributed by atoms with van der Waals surface area (Å²) in [7, 11) is -3.24. The molecule has 0 fully saturated rings. The van der Waals surface area contributed by atoms with Gasteiger partial charge in [-0.1, -0.05) is 19.8 Å². The van der Waals surface area contributed by atoms with Crippen LogP contribution < -0.4 is 0 Å². The number of hydrogen-bond acceptors (Lipinski definition) is 4. The zero-order chi connectivity index (χ0) is 11.6. The third-order valence-corrected chi connectivity index (χ3v) is 1.21. The maximum atomic E-state index is 10.5. The van der Waals surface area contributed by atoms with Crippen molar-refractivity contribution in [3.05, 3.63) is 0 Å². The maximum Gasteiger partial charge on any atom is 0.394 e. The number of ether oxygens (including phenoxy) is 1. The predicted molar refractivity (Wildman–Crippen MR) is 50.3 cm³/mol. The van der Waals surface area contributed by atoms with Gasteiger partial charge in [0.15, 0.2) is 0 Å². The van der Waals surface area contributed by atoms with E-state index in [2.05, 4.69) is 11.7 Å². The quantitative estimate of drug-likeness (QED) is 0.424. The lowest BCUT2D eigenvalue weighted by atomic mass is 10.2. The number of hydrogen-bond donors (Lipinski definition) is 2. The van der Waals surface area contributed by atoms with Crippen molar-refractivity contribution in [1.29, 1.82) is 0 Å². The smallest absolute Gasteiger partial charge is 0.394 e. The van der Waals surface area contributed by atoms with Gasteiger partial charge in [-0.05, 0) is 6.42 Å². The molecule has 0 amide bonds. The molecule has 0 aliphatic carbocycles. The van der Waals surface area contributed by atoms with Crippen LogP contribution in [-0.4, -0.2) is 30.6 Å². The lowest BCUT2D eigenvalue weighted by Gasteiger charge is -1.95. The van der Waals surface area contributed by atoms with Crippen LogP contribution in [0.1, 0.15) is 32.6 Å². The molecule has 0 aromatic carbocycles. The molecule has 0 saturated heterocycles. The van der Waals surface area contributed by atoms with Gasteiger partial charge < -0.3 is 4.74 Å². The number of esters is 1. The van der Waals surface area contributed by atoms with E-state index in [4.69, 9.17) is 17.5 Å². The van der Waals surface area contributed by atoms with E-state index in [0.717, 1.165) is 19.3 Å². The Hall–Kier alpha value is -0.660. The molecule has 86 valence electrons. The standard InChI is InChI=1S/C7H14O2.H2O4S/c1-3-4-5-6-7(8)9-2;1-5(2,3)4/h3-6H2,1-2H3;(H2,1,2,3,4). The highest BCUT2D eigenvalue weighted by molar-refractivity contribution is 7.79. The van der Waals surface area contributed by atoms with Gasteiger partial charge in [0.1, 0.15) is 0 Å². The second kappa shape index (κ2) is 8.92. The van der Waals surface area contributed by atoms with Gasteiger partial charge in [-0.3, -0.25) is 13.9 Å². The van der Waals surface area contributed by atoms with Gasteiger partial charge in [0.2, 0.25) is 0 Å². The van der Waals surface area contributed by atoms with Gasteiger partial charge in [-0.25, -0.2) is 0 Å². The monoisotopic (exact) mass is 228 g/mol. The second-order valence-electron chi connectivity index (χ2n) is 2.48. The van der Waals surface area contributed by atoms with E-state index < -0.39 is 10.4 Å². The summed E-state index contributed by atoms with van der Waals surface area (Å²) in [6, 6.07) is 0. The van der Waals surface area contributed by atoms with Crippen LogP contribution in [0.25, 0.3) is 0 Å². The molecule has 0 aliphatic rings. The molecular weight excluding hydrogens is 212 g/mol. The summed E-state index contributed by atoms with van der Waals surface area (Å²) in [5, 5.41) is 0. The van der Waals surface area contributed by atoms with Crippen LogP contribution in [0.3, 0.4) is 0 Å². The highest BCUT2D eigenvalue weighted by Gasteiger charge is 1.96. The number of unbranched alkanes of at least 4 members (excludes halogenated alkanes) is 2. The minimum atomic E-state index is -4.67. The van der Waals surface area contributed by atoms with Crippen LogP contribution in [-0.2, 0) is 19.9 Å². The Balaban J connectivity index is 0. The van der Waals surface area contributed by atoms with Crippen molar-refractivity contribution < 1.29 is 27.1 Å². The summed E-state index contributed by atoms with van der Waals surface area (Å²) in [5.74, 6) is -0.0940. The zero-order valence-corrected chi connectivity index (χ0v) is 9.08. The van der Waals surface area contributed by atoms with Crippen LogP contribution in [0.15, 0.2) is 0 Å². The summed E-state index contributed by atoms with van der Waals surface area (Å²) in [6.07, 6.45) is 3.81. The molecule has 7 heteroatoms. The molecule has 0 radical (unpaired) electrons. The van der Waals surface area contributed by atoms with Crippen LogP contribution in [0, 0.1) is 0 Å². The molecule has 0 unspecified atom stereocenters. The lowest BCUT2D eigenvalue weighted by Crippen LogP contribution is -1.98. The Bertz CT molecular complexity index is 225. The van der Waals surface area contributed by atoms with Gasteiger partial charge in [-0.15, -0.1) is 0 Å². The van der Waals surface area contributed by atoms with Crippen LogP contribution >= 0.6 is 0 Å². The van der Waals surface area contributed by atoms with Gasteiger partial charge in [0.25, 0.3) is 0 Å². The molecule has 0 aliphatic heterocycles. The fourth-order valence-electron chi connectivity index (χ4n) is 0.621. The molecule has 0 aromatic heterocycles. The zero-order valence-electron chi connectivity index (χ0n) is 8.26. The Kier molecular flexibility index (Phi) is 10.1. The summed E-state index contributed by atoms with van der Waals surface area (Å²) in [5.41, 5.74) is 0. The fraction of sp³-hybridized carbons (Fsp3) is 0.857. The largest absolute Gasteiger partial charge is 0.469 e. The highest BCUT2D eigenvalue weighted by Crippen LogP contribution is 1.98. The Labute approximate surface area is 83.8 Å². The first-order chi connectivity index (χ1) is 6.31. The number of rotatable bonds is 4. The topological polar surface area (TPSA) is 101 Å². The summed E-state index contributed by atoms with van der Waals surface area (Å²) in [4.78, 5) is 10.5. The van der Waals surface area contributed by atoms with Crippen LogP contribution in [0.5, 0.6) is 0 Å². The minimum absolute atomic E-state index is 0.0940. The van der Waals surface area contributed by atoms with E-state index in [1.54, 1.807) is 0 Å². The SMILES string of the molecule is CCCCCC(=O)OC.O=S(=O)(O)O. The molecule has 2 N–H and O–H groups in total. The van der Waals surface area contributed by atoms with Gasteiger partial charge in [-0.2, -0.15) is 8.42 Å². The van der Waals surface area contributed by atoms with E-state index >= 15 is 0 Å². The minimum Gasteiger partial charge on any atom is -0.469 e. The Morgan fingerprint density at radius 1 is 1.29 bits per heavy atom. The van der Waals surface area contributed by atoms with Crippen LogP contribution in [0.4, 0.5) is 0 Å². The Morgan fingerprint density at radius 3 is 2.00 bits per heavy atom. The molecule has 0 spiro atoms. The van der Waals surface area contributed by atoms with Gasteiger partial charge in [0, 0.05) is 6.42 Å². The molecule has 6 nitrogen and oxygen atoms in total. The van der Waals surface area contributed by atoms with E-state index in [9.17, 15) is 4.79 Å². The highest BCUT2D eigenvalue weighted by atomic mass is 32.3. The van der Waals surface area contributed by atoms with Crippen molar-refractivity contribution in [2.24, 2.45) is 0 Å². The molecule has 0 rings (SSSR count). The molecular formula is C7H16O6S. The maximum absolute atomic E-state index is 10.5. The van der Waals surface area contributed by atoms with Crippen LogP contribution in [0.2, 0.25) is 0 Å². The van der Waals surface area contributed by atoms with Crippen molar-refractivity contribution in [2.45, 2.75) is 32.6 Å². The third kappa shape index (κ3) is 30.2. The van der Waals surface area contributed by atoms with Crippen molar-refractivity contribution in [1.82, 2.24) is 0 Å². The van der Waals surface area contributed by atoms with Gasteiger partial charge >= 0.3 is 16.4 Å². The number of methoxy groups -OCH3 is 1. The molecule has 0 saturated carbocycles. The predicted octanol–water partition coefficient (Wildman–Crippen LogP) is 1.09. The number of carbonyl (C=O) groups excluding carboxylic acids is 1. The normalized spacial score (nSPS) is 10.0. The first kappa shape index (κ1) is 15.8. The summed E-state index contributed by atoms with van der Waals surface area (Å²) in [6.45, 7) is 2.11. The second-order valence-corrected chi connectivity index (χ2v) is 3.38. The van der Waals surface area contributed by atoms with E-state index in [-0.39, 0.29) is 5.97 Å². The van der Waals surface area contributed by atoms with E-state index in [0.29, 0.717) is 6.42 Å². The molecule has 0 bridgehead atoms. The molecule has 0 aromatic rings. The first-order valence-corrected chi connectivity index (χ1v) is 5.47. The molecule has 0 atom stereocenters. The average molecular weight is 228 g/mol. The van der Waals surface area contributed by atoms with E-state index in [1.165, 1.54) is 7.11 Å². The summed E-state index contributed by atoms with van der Waals surface area (Å²) < 4.78 is 36.0. The average Bonchev–Trinajstić information content (AvgIpc) is 2.01. The number of carbonyl (C=O) groups is 1. The van der Waals surface area contributed by atoms with Gasteiger partial charge in [0.05, 0.1) is 7.11 Å².